The highest BCUT2D eigenvalue weighted by atomic mass is 32.1. The lowest BCUT2D eigenvalue weighted by molar-refractivity contribution is 0.0934. The number of aryl methyl sites for hydroxylation is 1. The second-order valence-corrected chi connectivity index (χ2v) is 6.37. The van der Waals surface area contributed by atoms with Crippen LogP contribution in [0.1, 0.15) is 41.7 Å². The standard InChI is InChI=1S/C16H28N2OS/c1-5-17(6-2)11-8-12-18(7-3)13-15(19)16-10-9-14(4)20-16/h9-10H,5-8,11-13H2,1-4H3. The number of ketones is 1. The van der Waals surface area contributed by atoms with Crippen LogP contribution >= 0.6 is 11.3 Å². The van der Waals surface area contributed by atoms with Gasteiger partial charge in [-0.2, -0.15) is 0 Å². The fourth-order valence-electron chi connectivity index (χ4n) is 2.27. The van der Waals surface area contributed by atoms with Crippen LogP contribution in [-0.2, 0) is 0 Å². The Kier molecular flexibility index (Phi) is 8.04. The van der Waals surface area contributed by atoms with Crippen LogP contribution in [0, 0.1) is 6.92 Å². The summed E-state index contributed by atoms with van der Waals surface area (Å²) in [6.45, 7) is 14.4. The molecule has 0 saturated carbocycles. The van der Waals surface area contributed by atoms with Gasteiger partial charge in [0, 0.05) is 4.88 Å². The summed E-state index contributed by atoms with van der Waals surface area (Å²) in [6, 6.07) is 3.97. The quantitative estimate of drug-likeness (QED) is 0.619. The van der Waals surface area contributed by atoms with E-state index < -0.39 is 0 Å². The summed E-state index contributed by atoms with van der Waals surface area (Å²) in [7, 11) is 0. The van der Waals surface area contributed by atoms with E-state index >= 15 is 0 Å². The highest BCUT2D eigenvalue weighted by Crippen LogP contribution is 2.16. The molecule has 0 aliphatic carbocycles. The lowest BCUT2D eigenvalue weighted by Gasteiger charge is -2.22. The molecule has 0 N–H and O–H groups in total. The van der Waals surface area contributed by atoms with Gasteiger partial charge in [0.1, 0.15) is 0 Å². The van der Waals surface area contributed by atoms with Crippen molar-refractivity contribution in [2.45, 2.75) is 34.1 Å². The van der Waals surface area contributed by atoms with Gasteiger partial charge >= 0.3 is 0 Å². The molecule has 1 aromatic rings. The summed E-state index contributed by atoms with van der Waals surface area (Å²) in [5.41, 5.74) is 0. The Morgan fingerprint density at radius 2 is 1.65 bits per heavy atom. The molecule has 3 nitrogen and oxygen atoms in total. The van der Waals surface area contributed by atoms with E-state index in [1.54, 1.807) is 11.3 Å². The molecule has 0 atom stereocenters. The Labute approximate surface area is 127 Å². The van der Waals surface area contributed by atoms with Gasteiger partial charge in [0.05, 0.1) is 11.4 Å². The molecule has 1 heterocycles. The van der Waals surface area contributed by atoms with Gasteiger partial charge in [-0.25, -0.2) is 0 Å². The molecule has 0 saturated heterocycles. The van der Waals surface area contributed by atoms with E-state index in [4.69, 9.17) is 0 Å². The second-order valence-electron chi connectivity index (χ2n) is 5.08. The maximum atomic E-state index is 12.2. The van der Waals surface area contributed by atoms with Gasteiger partial charge in [-0.1, -0.05) is 20.8 Å². The minimum Gasteiger partial charge on any atom is -0.304 e. The summed E-state index contributed by atoms with van der Waals surface area (Å²) in [6.07, 6.45) is 1.13. The predicted octanol–water partition coefficient (Wildman–Crippen LogP) is 3.29. The molecule has 0 unspecified atom stereocenters. The normalized spacial score (nSPS) is 11.5. The summed E-state index contributed by atoms with van der Waals surface area (Å²) < 4.78 is 0. The maximum absolute atomic E-state index is 12.2. The van der Waals surface area contributed by atoms with E-state index in [0.29, 0.717) is 6.54 Å². The van der Waals surface area contributed by atoms with Crippen LogP contribution < -0.4 is 0 Å². The van der Waals surface area contributed by atoms with Crippen molar-refractivity contribution in [2.75, 3.05) is 39.3 Å². The van der Waals surface area contributed by atoms with E-state index in [1.807, 2.05) is 19.1 Å². The lowest BCUT2D eigenvalue weighted by atomic mass is 10.2. The molecular weight excluding hydrogens is 268 g/mol. The minimum atomic E-state index is 0.257. The van der Waals surface area contributed by atoms with Crippen molar-refractivity contribution in [3.63, 3.8) is 0 Å². The summed E-state index contributed by atoms with van der Waals surface area (Å²) in [5, 5.41) is 0. The van der Waals surface area contributed by atoms with Crippen LogP contribution in [0.5, 0.6) is 0 Å². The van der Waals surface area contributed by atoms with Crippen molar-refractivity contribution in [3.05, 3.63) is 21.9 Å². The number of likely N-dealkylation sites (N-methyl/N-ethyl adjacent to an activating group) is 1. The van der Waals surface area contributed by atoms with Crippen molar-refractivity contribution >= 4 is 17.1 Å². The topological polar surface area (TPSA) is 23.6 Å². The van der Waals surface area contributed by atoms with Crippen LogP contribution in [-0.4, -0.2) is 54.9 Å². The zero-order valence-electron chi connectivity index (χ0n) is 13.3. The Balaban J connectivity index is 2.37. The van der Waals surface area contributed by atoms with Gasteiger partial charge in [-0.3, -0.25) is 9.69 Å². The molecule has 0 aliphatic rings. The monoisotopic (exact) mass is 296 g/mol. The van der Waals surface area contributed by atoms with E-state index in [-0.39, 0.29) is 5.78 Å². The van der Waals surface area contributed by atoms with Crippen molar-refractivity contribution in [1.29, 1.82) is 0 Å². The Morgan fingerprint density at radius 3 is 2.15 bits per heavy atom. The summed E-state index contributed by atoms with van der Waals surface area (Å²) >= 11 is 1.60. The molecule has 4 heteroatoms. The molecule has 0 radical (unpaired) electrons. The molecule has 1 rings (SSSR count). The molecule has 0 spiro atoms. The SMILES string of the molecule is CCN(CC)CCCN(CC)CC(=O)c1ccc(C)s1. The largest absolute Gasteiger partial charge is 0.304 e. The molecule has 20 heavy (non-hydrogen) atoms. The number of Topliss-reactive ketones (excluding diaryl/α,β-unsaturated/α-hetero) is 1. The minimum absolute atomic E-state index is 0.257. The molecular formula is C16H28N2OS. The van der Waals surface area contributed by atoms with Crippen LogP contribution in [0.2, 0.25) is 0 Å². The molecule has 114 valence electrons. The number of thiophene rings is 1. The molecule has 0 aromatic carbocycles. The van der Waals surface area contributed by atoms with Gasteiger partial charge in [0.2, 0.25) is 0 Å². The highest BCUT2D eigenvalue weighted by molar-refractivity contribution is 7.14. The molecule has 0 amide bonds. The average Bonchev–Trinajstić information content (AvgIpc) is 2.89. The van der Waals surface area contributed by atoms with Crippen molar-refractivity contribution < 1.29 is 4.79 Å². The van der Waals surface area contributed by atoms with Crippen LogP contribution in [0.15, 0.2) is 12.1 Å². The smallest absolute Gasteiger partial charge is 0.186 e. The van der Waals surface area contributed by atoms with Crippen molar-refractivity contribution in [2.24, 2.45) is 0 Å². The van der Waals surface area contributed by atoms with Crippen molar-refractivity contribution in [1.82, 2.24) is 9.80 Å². The Morgan fingerprint density at radius 1 is 1.05 bits per heavy atom. The van der Waals surface area contributed by atoms with E-state index in [0.717, 1.165) is 44.0 Å². The zero-order chi connectivity index (χ0) is 15.0. The Bertz CT molecular complexity index is 399. The summed E-state index contributed by atoms with van der Waals surface area (Å²) in [4.78, 5) is 19.0. The first-order valence-electron chi connectivity index (χ1n) is 7.65. The van der Waals surface area contributed by atoms with E-state index in [2.05, 4.69) is 30.6 Å². The molecule has 0 aliphatic heterocycles. The van der Waals surface area contributed by atoms with Crippen LogP contribution in [0.25, 0.3) is 0 Å². The van der Waals surface area contributed by atoms with Gasteiger partial charge in [-0.15, -0.1) is 11.3 Å². The van der Waals surface area contributed by atoms with Gasteiger partial charge in [0.15, 0.2) is 5.78 Å². The van der Waals surface area contributed by atoms with Gasteiger partial charge in [0.25, 0.3) is 0 Å². The van der Waals surface area contributed by atoms with Crippen LogP contribution in [0.4, 0.5) is 0 Å². The van der Waals surface area contributed by atoms with Gasteiger partial charge in [-0.05, 0) is 58.2 Å². The third-order valence-corrected chi connectivity index (χ3v) is 4.71. The fraction of sp³-hybridized carbons (Fsp3) is 0.688. The number of carbonyl (C=O) groups is 1. The first-order valence-corrected chi connectivity index (χ1v) is 8.46. The van der Waals surface area contributed by atoms with Gasteiger partial charge < -0.3 is 4.90 Å². The number of carbonyl (C=O) groups excluding carboxylic acids is 1. The third-order valence-electron chi connectivity index (χ3n) is 3.67. The lowest BCUT2D eigenvalue weighted by Crippen LogP contribution is -2.33. The number of nitrogens with zero attached hydrogens (tertiary/aromatic N) is 2. The first kappa shape index (κ1) is 17.3. The molecule has 1 aromatic heterocycles. The van der Waals surface area contributed by atoms with Crippen molar-refractivity contribution in [3.8, 4) is 0 Å². The number of hydrogen-bond acceptors (Lipinski definition) is 4. The summed E-state index contributed by atoms with van der Waals surface area (Å²) in [5.74, 6) is 0.257. The predicted molar refractivity (Wildman–Crippen MR) is 87.9 cm³/mol. The Hall–Kier alpha value is -0.710. The maximum Gasteiger partial charge on any atom is 0.186 e. The first-order chi connectivity index (χ1) is 9.60. The fourth-order valence-corrected chi connectivity index (χ4v) is 3.07. The second kappa shape index (κ2) is 9.27. The third kappa shape index (κ3) is 5.73. The molecule has 0 bridgehead atoms. The van der Waals surface area contributed by atoms with E-state index in [1.165, 1.54) is 4.88 Å². The molecule has 0 fully saturated rings. The average molecular weight is 296 g/mol. The zero-order valence-corrected chi connectivity index (χ0v) is 14.1. The number of rotatable bonds is 10. The highest BCUT2D eigenvalue weighted by Gasteiger charge is 2.13. The number of hydrogen-bond donors (Lipinski definition) is 0. The van der Waals surface area contributed by atoms with E-state index in [9.17, 15) is 4.79 Å². The van der Waals surface area contributed by atoms with Crippen LogP contribution in [0.3, 0.4) is 0 Å².